The summed E-state index contributed by atoms with van der Waals surface area (Å²) in [6.45, 7) is 5.60. The van der Waals surface area contributed by atoms with E-state index < -0.39 is 6.03 Å². The smallest absolute Gasteiger partial charge is 0.323 e. The fraction of sp³-hybridized carbons (Fsp3) is 0.417. The zero-order valence-electron chi connectivity index (χ0n) is 18.8. The van der Waals surface area contributed by atoms with Crippen LogP contribution >= 0.6 is 0 Å². The Balaban J connectivity index is 1.71. The summed E-state index contributed by atoms with van der Waals surface area (Å²) >= 11 is 0. The first-order chi connectivity index (χ1) is 15.6. The molecule has 8 heteroatoms. The lowest BCUT2D eigenvalue weighted by Crippen LogP contribution is -2.29. The third kappa shape index (κ3) is 6.37. The van der Waals surface area contributed by atoms with Gasteiger partial charge in [-0.1, -0.05) is 12.1 Å². The highest BCUT2D eigenvalue weighted by Gasteiger charge is 2.20. The van der Waals surface area contributed by atoms with Gasteiger partial charge in [-0.3, -0.25) is 4.79 Å². The summed E-state index contributed by atoms with van der Waals surface area (Å²) in [6.07, 6.45) is 2.96. The van der Waals surface area contributed by atoms with Gasteiger partial charge >= 0.3 is 6.03 Å². The number of anilines is 3. The molecule has 0 spiro atoms. The molecule has 1 heterocycles. The van der Waals surface area contributed by atoms with E-state index in [1.165, 1.54) is 0 Å². The molecule has 1 saturated heterocycles. The third-order valence-electron chi connectivity index (χ3n) is 5.26. The number of hydrogen-bond donors (Lipinski definition) is 3. The summed E-state index contributed by atoms with van der Waals surface area (Å²) in [5, 5.41) is 8.56. The van der Waals surface area contributed by atoms with Gasteiger partial charge in [-0.25, -0.2) is 4.79 Å². The zero-order chi connectivity index (χ0) is 22.8. The summed E-state index contributed by atoms with van der Waals surface area (Å²) in [5.74, 6) is 0.413. The fourth-order valence-corrected chi connectivity index (χ4v) is 3.68. The van der Waals surface area contributed by atoms with Crippen LogP contribution in [0.1, 0.15) is 36.5 Å². The average molecular weight is 441 g/mol. The SMILES string of the molecule is CCOCCCNC(=O)c1cc(NC(=O)Nc2ccccc2OC)ccc1N1CCCC1. The van der Waals surface area contributed by atoms with Crippen molar-refractivity contribution in [1.82, 2.24) is 5.32 Å². The molecule has 8 nitrogen and oxygen atoms in total. The second-order valence-corrected chi connectivity index (χ2v) is 7.51. The average Bonchev–Trinajstić information content (AvgIpc) is 3.34. The maximum Gasteiger partial charge on any atom is 0.323 e. The number of hydrogen-bond acceptors (Lipinski definition) is 5. The number of ether oxygens (including phenoxy) is 2. The van der Waals surface area contributed by atoms with Crippen LogP contribution in [0.15, 0.2) is 42.5 Å². The van der Waals surface area contributed by atoms with Crippen molar-refractivity contribution < 1.29 is 19.1 Å². The lowest BCUT2D eigenvalue weighted by Gasteiger charge is -2.22. The van der Waals surface area contributed by atoms with Crippen LogP contribution in [0.25, 0.3) is 0 Å². The van der Waals surface area contributed by atoms with Gasteiger partial charge in [0.25, 0.3) is 5.91 Å². The van der Waals surface area contributed by atoms with Crippen molar-refractivity contribution in [2.75, 3.05) is 55.5 Å². The minimum Gasteiger partial charge on any atom is -0.495 e. The molecule has 0 unspecified atom stereocenters. The Morgan fingerprint density at radius 1 is 1.06 bits per heavy atom. The van der Waals surface area contributed by atoms with Gasteiger partial charge in [0.2, 0.25) is 0 Å². The minimum absolute atomic E-state index is 0.155. The molecule has 0 saturated carbocycles. The molecule has 0 aromatic heterocycles. The molecule has 0 atom stereocenters. The largest absolute Gasteiger partial charge is 0.495 e. The van der Waals surface area contributed by atoms with E-state index in [0.717, 1.165) is 38.0 Å². The standard InChI is InChI=1S/C24H32N4O4/c1-3-32-16-8-13-25-23(29)19-17-18(11-12-21(19)28-14-6-7-15-28)26-24(30)27-20-9-4-5-10-22(20)31-2/h4-5,9-12,17H,3,6-8,13-16H2,1-2H3,(H,25,29)(H2,26,27,30). The second-order valence-electron chi connectivity index (χ2n) is 7.51. The van der Waals surface area contributed by atoms with Crippen LogP contribution in [-0.4, -0.2) is 51.9 Å². The zero-order valence-corrected chi connectivity index (χ0v) is 18.8. The van der Waals surface area contributed by atoms with Crippen LogP contribution in [0.3, 0.4) is 0 Å². The predicted octanol–water partition coefficient (Wildman–Crippen LogP) is 4.10. The summed E-state index contributed by atoms with van der Waals surface area (Å²) in [6, 6.07) is 12.2. The van der Waals surface area contributed by atoms with Crippen molar-refractivity contribution in [3.05, 3.63) is 48.0 Å². The Kier molecular flexibility index (Phi) is 8.74. The second kappa shape index (κ2) is 12.0. The first-order valence-electron chi connectivity index (χ1n) is 11.1. The molecule has 1 aliphatic rings. The van der Waals surface area contributed by atoms with Gasteiger partial charge in [-0.2, -0.15) is 0 Å². The lowest BCUT2D eigenvalue weighted by atomic mass is 10.1. The van der Waals surface area contributed by atoms with Crippen LogP contribution in [0.5, 0.6) is 5.75 Å². The molecule has 2 aromatic carbocycles. The van der Waals surface area contributed by atoms with Crippen LogP contribution < -0.4 is 25.6 Å². The normalized spacial score (nSPS) is 13.0. The van der Waals surface area contributed by atoms with E-state index in [-0.39, 0.29) is 5.91 Å². The number of amides is 3. The van der Waals surface area contributed by atoms with E-state index in [1.54, 1.807) is 25.3 Å². The van der Waals surface area contributed by atoms with Gasteiger partial charge in [0.15, 0.2) is 0 Å². The van der Waals surface area contributed by atoms with Gasteiger partial charge in [0, 0.05) is 44.2 Å². The van der Waals surface area contributed by atoms with E-state index in [0.29, 0.717) is 42.4 Å². The Labute approximate surface area is 189 Å². The minimum atomic E-state index is -0.411. The van der Waals surface area contributed by atoms with Crippen molar-refractivity contribution >= 4 is 29.0 Å². The molecule has 3 amide bonds. The molecule has 172 valence electrons. The first-order valence-corrected chi connectivity index (χ1v) is 11.1. The van der Waals surface area contributed by atoms with Gasteiger partial charge in [-0.15, -0.1) is 0 Å². The highest BCUT2D eigenvalue weighted by molar-refractivity contribution is 6.04. The van der Waals surface area contributed by atoms with Gasteiger partial charge < -0.3 is 30.3 Å². The van der Waals surface area contributed by atoms with Crippen molar-refractivity contribution in [3.8, 4) is 5.75 Å². The summed E-state index contributed by atoms with van der Waals surface area (Å²) in [4.78, 5) is 27.7. The van der Waals surface area contributed by atoms with Gasteiger partial charge in [0.05, 0.1) is 18.4 Å². The predicted molar refractivity (Wildman–Crippen MR) is 127 cm³/mol. The first kappa shape index (κ1) is 23.4. The molecule has 1 aliphatic heterocycles. The summed E-state index contributed by atoms with van der Waals surface area (Å²) in [5.41, 5.74) is 2.55. The van der Waals surface area contributed by atoms with Crippen LogP contribution in [0, 0.1) is 0 Å². The Bertz CT molecular complexity index is 913. The number of benzene rings is 2. The number of para-hydroxylation sites is 2. The molecule has 1 fully saturated rings. The van der Waals surface area contributed by atoms with Crippen molar-refractivity contribution in [2.45, 2.75) is 26.2 Å². The number of carbonyl (C=O) groups excluding carboxylic acids is 2. The lowest BCUT2D eigenvalue weighted by molar-refractivity contribution is 0.0944. The Morgan fingerprint density at radius 3 is 2.59 bits per heavy atom. The highest BCUT2D eigenvalue weighted by atomic mass is 16.5. The van der Waals surface area contributed by atoms with E-state index in [2.05, 4.69) is 20.9 Å². The van der Waals surface area contributed by atoms with E-state index in [4.69, 9.17) is 9.47 Å². The molecular weight excluding hydrogens is 408 g/mol. The van der Waals surface area contributed by atoms with Crippen molar-refractivity contribution in [1.29, 1.82) is 0 Å². The monoisotopic (exact) mass is 440 g/mol. The number of nitrogens with zero attached hydrogens (tertiary/aromatic N) is 1. The topological polar surface area (TPSA) is 91.9 Å². The Hall–Kier alpha value is -3.26. The van der Waals surface area contributed by atoms with Crippen LogP contribution in [0.2, 0.25) is 0 Å². The number of nitrogens with one attached hydrogen (secondary N) is 3. The highest BCUT2D eigenvalue weighted by Crippen LogP contribution is 2.28. The molecule has 3 N–H and O–H groups in total. The quantitative estimate of drug-likeness (QED) is 0.484. The van der Waals surface area contributed by atoms with E-state index in [1.807, 2.05) is 31.2 Å². The maximum atomic E-state index is 12.9. The van der Waals surface area contributed by atoms with Gasteiger partial charge in [-0.05, 0) is 56.5 Å². The number of methoxy groups -OCH3 is 1. The number of carbonyl (C=O) groups is 2. The van der Waals surface area contributed by atoms with E-state index in [9.17, 15) is 9.59 Å². The summed E-state index contributed by atoms with van der Waals surface area (Å²) in [7, 11) is 1.55. The maximum absolute atomic E-state index is 12.9. The van der Waals surface area contributed by atoms with Crippen molar-refractivity contribution in [2.24, 2.45) is 0 Å². The molecule has 0 bridgehead atoms. The van der Waals surface area contributed by atoms with Gasteiger partial charge in [0.1, 0.15) is 5.75 Å². The molecule has 2 aromatic rings. The van der Waals surface area contributed by atoms with Crippen molar-refractivity contribution in [3.63, 3.8) is 0 Å². The molecular formula is C24H32N4O4. The summed E-state index contributed by atoms with van der Waals surface area (Å²) < 4.78 is 10.6. The third-order valence-corrected chi connectivity index (χ3v) is 5.26. The molecule has 32 heavy (non-hydrogen) atoms. The number of rotatable bonds is 10. The van der Waals surface area contributed by atoms with Crippen LogP contribution in [-0.2, 0) is 4.74 Å². The molecule has 0 radical (unpaired) electrons. The molecule has 3 rings (SSSR count). The fourth-order valence-electron chi connectivity index (χ4n) is 3.68. The Morgan fingerprint density at radius 2 is 1.84 bits per heavy atom. The van der Waals surface area contributed by atoms with E-state index >= 15 is 0 Å². The number of urea groups is 1. The molecule has 0 aliphatic carbocycles. The van der Waals surface area contributed by atoms with Crippen LogP contribution in [0.4, 0.5) is 21.9 Å².